The first-order chi connectivity index (χ1) is 13.2. The van der Waals surface area contributed by atoms with Gasteiger partial charge in [-0.3, -0.25) is 4.79 Å². The number of amides is 1. The van der Waals surface area contributed by atoms with Crippen LogP contribution in [0.15, 0.2) is 61.1 Å². The first kappa shape index (κ1) is 17.2. The van der Waals surface area contributed by atoms with Crippen molar-refractivity contribution in [3.8, 4) is 5.69 Å². The Balaban J connectivity index is 1.46. The highest BCUT2D eigenvalue weighted by molar-refractivity contribution is 6.03. The van der Waals surface area contributed by atoms with Gasteiger partial charge in [-0.25, -0.2) is 9.67 Å². The van der Waals surface area contributed by atoms with E-state index in [9.17, 15) is 4.79 Å². The summed E-state index contributed by atoms with van der Waals surface area (Å²) in [5.74, 6) is 0.323. The minimum absolute atomic E-state index is 0.222. The van der Waals surface area contributed by atoms with Crippen molar-refractivity contribution in [2.24, 2.45) is 0 Å². The number of hydrogen-bond donors (Lipinski definition) is 1. The van der Waals surface area contributed by atoms with Gasteiger partial charge in [0.25, 0.3) is 5.91 Å². The molecule has 3 aromatic rings. The Kier molecular flexibility index (Phi) is 4.84. The number of aromatic nitrogens is 3. The summed E-state index contributed by atoms with van der Waals surface area (Å²) in [7, 11) is 2.13. The van der Waals surface area contributed by atoms with Crippen LogP contribution < -0.4 is 10.2 Å². The smallest absolute Gasteiger partial charge is 0.260 e. The predicted molar refractivity (Wildman–Crippen MR) is 105 cm³/mol. The second-order valence-corrected chi connectivity index (χ2v) is 6.65. The molecule has 0 atom stereocenters. The number of pyridine rings is 1. The number of piperazine rings is 1. The SMILES string of the molecule is CN1CCN(c2ccnc(NC(=O)c3cnn(-c4ccccc4)c3)c2)CC1. The summed E-state index contributed by atoms with van der Waals surface area (Å²) in [6, 6.07) is 13.6. The number of rotatable bonds is 4. The molecule has 0 aliphatic carbocycles. The molecule has 1 fully saturated rings. The van der Waals surface area contributed by atoms with Gasteiger partial charge in [-0.15, -0.1) is 0 Å². The molecule has 4 rings (SSSR count). The minimum atomic E-state index is -0.222. The molecule has 0 spiro atoms. The molecule has 7 nitrogen and oxygen atoms in total. The Morgan fingerprint density at radius 2 is 1.81 bits per heavy atom. The fraction of sp³-hybridized carbons (Fsp3) is 0.250. The molecule has 2 aromatic heterocycles. The summed E-state index contributed by atoms with van der Waals surface area (Å²) in [5.41, 5.74) is 2.48. The summed E-state index contributed by atoms with van der Waals surface area (Å²) >= 11 is 0. The Morgan fingerprint density at radius 3 is 2.59 bits per heavy atom. The molecule has 27 heavy (non-hydrogen) atoms. The van der Waals surface area contributed by atoms with Gasteiger partial charge in [-0.1, -0.05) is 18.2 Å². The van der Waals surface area contributed by atoms with Crippen molar-refractivity contribution in [2.75, 3.05) is 43.4 Å². The van der Waals surface area contributed by atoms with Crippen LogP contribution in [0.3, 0.4) is 0 Å². The lowest BCUT2D eigenvalue weighted by atomic mass is 10.2. The third kappa shape index (κ3) is 3.98. The molecule has 1 aliphatic heterocycles. The van der Waals surface area contributed by atoms with E-state index in [2.05, 4.69) is 32.2 Å². The van der Waals surface area contributed by atoms with Gasteiger partial charge >= 0.3 is 0 Å². The maximum Gasteiger partial charge on any atom is 0.260 e. The molecule has 138 valence electrons. The maximum atomic E-state index is 12.6. The van der Waals surface area contributed by atoms with Gasteiger partial charge in [0.15, 0.2) is 0 Å². The van der Waals surface area contributed by atoms with Crippen LogP contribution in [0.25, 0.3) is 5.69 Å². The molecule has 3 heterocycles. The molecule has 1 N–H and O–H groups in total. The lowest BCUT2D eigenvalue weighted by Gasteiger charge is -2.34. The van der Waals surface area contributed by atoms with E-state index in [-0.39, 0.29) is 5.91 Å². The van der Waals surface area contributed by atoms with E-state index >= 15 is 0 Å². The standard InChI is InChI=1S/C20H22N6O/c1-24-9-11-25(12-10-24)18-7-8-21-19(13-18)23-20(27)16-14-22-26(15-16)17-5-3-2-4-6-17/h2-8,13-15H,9-12H2,1H3,(H,21,23,27). The molecule has 0 radical (unpaired) electrons. The Hall–Kier alpha value is -3.19. The summed E-state index contributed by atoms with van der Waals surface area (Å²) in [6.45, 7) is 4.00. The van der Waals surface area contributed by atoms with Crippen LogP contribution in [0, 0.1) is 0 Å². The van der Waals surface area contributed by atoms with E-state index in [0.717, 1.165) is 37.6 Å². The number of para-hydroxylation sites is 1. The summed E-state index contributed by atoms with van der Waals surface area (Å²) in [4.78, 5) is 21.5. The van der Waals surface area contributed by atoms with Gasteiger partial charge in [0.1, 0.15) is 5.82 Å². The second-order valence-electron chi connectivity index (χ2n) is 6.65. The lowest BCUT2D eigenvalue weighted by molar-refractivity contribution is 0.102. The van der Waals surface area contributed by atoms with Crippen molar-refractivity contribution in [1.29, 1.82) is 0 Å². The number of carbonyl (C=O) groups excluding carboxylic acids is 1. The number of anilines is 2. The molecule has 0 saturated carbocycles. The fourth-order valence-corrected chi connectivity index (χ4v) is 3.10. The fourth-order valence-electron chi connectivity index (χ4n) is 3.10. The molecule has 0 bridgehead atoms. The maximum absolute atomic E-state index is 12.6. The highest BCUT2D eigenvalue weighted by Gasteiger charge is 2.16. The van der Waals surface area contributed by atoms with Crippen LogP contribution in [0.1, 0.15) is 10.4 Å². The van der Waals surface area contributed by atoms with Gasteiger partial charge in [0, 0.05) is 50.3 Å². The van der Waals surface area contributed by atoms with Gasteiger partial charge in [0.2, 0.25) is 0 Å². The van der Waals surface area contributed by atoms with Crippen molar-refractivity contribution < 1.29 is 4.79 Å². The molecular weight excluding hydrogens is 340 g/mol. The van der Waals surface area contributed by atoms with E-state index in [4.69, 9.17) is 0 Å². The van der Waals surface area contributed by atoms with Crippen LogP contribution in [-0.4, -0.2) is 58.8 Å². The van der Waals surface area contributed by atoms with Crippen molar-refractivity contribution >= 4 is 17.4 Å². The number of nitrogens with one attached hydrogen (secondary N) is 1. The number of nitrogens with zero attached hydrogens (tertiary/aromatic N) is 5. The highest BCUT2D eigenvalue weighted by Crippen LogP contribution is 2.19. The van der Waals surface area contributed by atoms with Crippen LogP contribution in [0.2, 0.25) is 0 Å². The first-order valence-corrected chi connectivity index (χ1v) is 9.00. The number of carbonyl (C=O) groups is 1. The van der Waals surface area contributed by atoms with E-state index in [1.807, 2.05) is 42.5 Å². The van der Waals surface area contributed by atoms with Crippen molar-refractivity contribution in [3.05, 3.63) is 66.6 Å². The average molecular weight is 362 g/mol. The molecule has 1 amide bonds. The zero-order valence-electron chi connectivity index (χ0n) is 15.2. The number of benzene rings is 1. The van der Waals surface area contributed by atoms with Crippen LogP contribution in [0.4, 0.5) is 11.5 Å². The largest absolute Gasteiger partial charge is 0.369 e. The lowest BCUT2D eigenvalue weighted by Crippen LogP contribution is -2.44. The highest BCUT2D eigenvalue weighted by atomic mass is 16.1. The van der Waals surface area contributed by atoms with Crippen LogP contribution in [0.5, 0.6) is 0 Å². The molecular formula is C20H22N6O. The zero-order chi connectivity index (χ0) is 18.6. The van der Waals surface area contributed by atoms with E-state index in [1.54, 1.807) is 23.3 Å². The summed E-state index contributed by atoms with van der Waals surface area (Å²) in [6.07, 6.45) is 5.01. The predicted octanol–water partition coefficient (Wildman–Crippen LogP) is 2.27. The van der Waals surface area contributed by atoms with Gasteiger partial charge in [-0.05, 0) is 25.2 Å². The van der Waals surface area contributed by atoms with Crippen LogP contribution in [-0.2, 0) is 0 Å². The molecule has 0 unspecified atom stereocenters. The summed E-state index contributed by atoms with van der Waals surface area (Å²) in [5, 5.41) is 7.14. The molecule has 1 aromatic carbocycles. The second kappa shape index (κ2) is 7.59. The Labute approximate surface area is 158 Å². The first-order valence-electron chi connectivity index (χ1n) is 9.00. The van der Waals surface area contributed by atoms with Crippen molar-refractivity contribution in [2.45, 2.75) is 0 Å². The molecule has 1 aliphatic rings. The Morgan fingerprint density at radius 1 is 1.04 bits per heavy atom. The monoisotopic (exact) mass is 362 g/mol. The van der Waals surface area contributed by atoms with Crippen LogP contribution >= 0.6 is 0 Å². The van der Waals surface area contributed by atoms with E-state index in [1.165, 1.54) is 0 Å². The number of likely N-dealkylation sites (N-methyl/N-ethyl adjacent to an activating group) is 1. The quantitative estimate of drug-likeness (QED) is 0.771. The minimum Gasteiger partial charge on any atom is -0.369 e. The molecule has 1 saturated heterocycles. The number of hydrogen-bond acceptors (Lipinski definition) is 5. The van der Waals surface area contributed by atoms with Gasteiger partial charge < -0.3 is 15.1 Å². The van der Waals surface area contributed by atoms with Crippen molar-refractivity contribution in [3.63, 3.8) is 0 Å². The topological polar surface area (TPSA) is 66.3 Å². The third-order valence-electron chi connectivity index (χ3n) is 4.72. The third-order valence-corrected chi connectivity index (χ3v) is 4.72. The van der Waals surface area contributed by atoms with Gasteiger partial charge in [0.05, 0.1) is 17.4 Å². The van der Waals surface area contributed by atoms with Gasteiger partial charge in [-0.2, -0.15) is 5.10 Å². The normalized spacial score (nSPS) is 14.9. The van der Waals surface area contributed by atoms with E-state index < -0.39 is 0 Å². The average Bonchev–Trinajstić information content (AvgIpc) is 3.20. The Bertz CT molecular complexity index is 915. The zero-order valence-corrected chi connectivity index (χ0v) is 15.2. The van der Waals surface area contributed by atoms with Crippen molar-refractivity contribution in [1.82, 2.24) is 19.7 Å². The molecule has 7 heteroatoms. The summed E-state index contributed by atoms with van der Waals surface area (Å²) < 4.78 is 1.68. The van der Waals surface area contributed by atoms with E-state index in [0.29, 0.717) is 11.4 Å².